The van der Waals surface area contributed by atoms with Crippen LogP contribution in [0.25, 0.3) is 0 Å². The molecular weight excluding hydrogens is 328 g/mol. The van der Waals surface area contributed by atoms with Crippen molar-refractivity contribution in [1.29, 1.82) is 0 Å². The van der Waals surface area contributed by atoms with Crippen molar-refractivity contribution in [3.8, 4) is 5.88 Å². The summed E-state index contributed by atoms with van der Waals surface area (Å²) in [5, 5.41) is 4.30. The van der Waals surface area contributed by atoms with Crippen LogP contribution < -0.4 is 9.46 Å². The van der Waals surface area contributed by atoms with Crippen LogP contribution in [0.2, 0.25) is 0 Å². The molecule has 120 valence electrons. The van der Waals surface area contributed by atoms with Gasteiger partial charge in [0.05, 0.1) is 13.2 Å². The lowest BCUT2D eigenvalue weighted by Crippen LogP contribution is -2.20. The average molecular weight is 344 g/mol. The Balaban J connectivity index is 1.73. The van der Waals surface area contributed by atoms with E-state index < -0.39 is 10.0 Å². The summed E-state index contributed by atoms with van der Waals surface area (Å²) in [5.74, 6) is 0.567. The van der Waals surface area contributed by atoms with Crippen molar-refractivity contribution in [2.45, 2.75) is 23.1 Å². The van der Waals surface area contributed by atoms with Crippen LogP contribution in [0.1, 0.15) is 18.9 Å². The number of nitrogens with one attached hydrogen (secondary N) is 1. The van der Waals surface area contributed by atoms with Gasteiger partial charge in [0, 0.05) is 31.5 Å². The van der Waals surface area contributed by atoms with Crippen LogP contribution in [0.5, 0.6) is 5.88 Å². The molecule has 3 rings (SSSR count). The first-order chi connectivity index (χ1) is 10.6. The van der Waals surface area contributed by atoms with Gasteiger partial charge in [0.15, 0.2) is 10.0 Å². The van der Waals surface area contributed by atoms with Crippen molar-refractivity contribution >= 4 is 27.4 Å². The van der Waals surface area contributed by atoms with E-state index in [1.165, 1.54) is 13.2 Å². The lowest BCUT2D eigenvalue weighted by Gasteiger charge is -2.22. The molecule has 0 radical (unpaired) electrons. The monoisotopic (exact) mass is 344 g/mol. The highest BCUT2D eigenvalue weighted by Crippen LogP contribution is 2.25. The Bertz CT molecular complexity index is 734. The Labute approximate surface area is 132 Å². The highest BCUT2D eigenvalue weighted by atomic mass is 32.2. The molecule has 0 aliphatic carbocycles. The molecule has 3 heterocycles. The van der Waals surface area contributed by atoms with E-state index in [9.17, 15) is 8.42 Å². The number of hydrogen-bond acceptors (Lipinski definition) is 7. The Morgan fingerprint density at radius 2 is 2.23 bits per heavy atom. The summed E-state index contributed by atoms with van der Waals surface area (Å²) in [4.78, 5) is 0. The average Bonchev–Trinajstić information content (AvgIpc) is 3.17. The number of ether oxygens (including phenoxy) is 2. The van der Waals surface area contributed by atoms with Crippen molar-refractivity contribution in [3.63, 3.8) is 0 Å². The van der Waals surface area contributed by atoms with Crippen LogP contribution in [-0.2, 0) is 14.8 Å². The topological polar surface area (TPSA) is 95.3 Å². The summed E-state index contributed by atoms with van der Waals surface area (Å²) in [6, 6.07) is 3.27. The van der Waals surface area contributed by atoms with Crippen LogP contribution in [-0.4, -0.2) is 42.9 Å². The molecule has 10 heteroatoms. The van der Waals surface area contributed by atoms with Gasteiger partial charge in [-0.15, -0.1) is 0 Å². The van der Waals surface area contributed by atoms with Crippen molar-refractivity contribution in [2.75, 3.05) is 25.0 Å². The first-order valence-electron chi connectivity index (χ1n) is 6.75. The molecule has 2 aromatic rings. The van der Waals surface area contributed by atoms with Crippen LogP contribution in [0.15, 0.2) is 22.5 Å². The Morgan fingerprint density at radius 3 is 2.91 bits per heavy atom. The molecular formula is C12H16N4O4S2. The van der Waals surface area contributed by atoms with Gasteiger partial charge in [-0.1, -0.05) is 0 Å². The lowest BCUT2D eigenvalue weighted by molar-refractivity contribution is 0.0663. The molecule has 1 aliphatic heterocycles. The summed E-state index contributed by atoms with van der Waals surface area (Å²) >= 11 is 0.859. The lowest BCUT2D eigenvalue weighted by atomic mass is 10.1. The number of sulfonamides is 1. The maximum Gasteiger partial charge on any atom is 0.274 e. The summed E-state index contributed by atoms with van der Waals surface area (Å²) in [5.41, 5.74) is 0. The van der Waals surface area contributed by atoms with E-state index in [4.69, 9.17) is 9.47 Å². The SMILES string of the molecule is COc1cc(S(=O)(=O)Nc2ccn(C3CCOCC3)n2)sn1. The normalized spacial score (nSPS) is 16.6. The minimum atomic E-state index is -3.69. The Morgan fingerprint density at radius 1 is 1.45 bits per heavy atom. The Kier molecular flexibility index (Phi) is 4.32. The molecule has 0 unspecified atom stereocenters. The van der Waals surface area contributed by atoms with Crippen LogP contribution >= 0.6 is 11.5 Å². The number of nitrogens with zero attached hydrogens (tertiary/aromatic N) is 3. The molecule has 1 N–H and O–H groups in total. The fourth-order valence-electron chi connectivity index (χ4n) is 2.20. The predicted molar refractivity (Wildman–Crippen MR) is 80.8 cm³/mol. The van der Waals surface area contributed by atoms with E-state index in [0.717, 1.165) is 24.4 Å². The number of methoxy groups -OCH3 is 1. The molecule has 0 bridgehead atoms. The van der Waals surface area contributed by atoms with Crippen molar-refractivity contribution in [2.24, 2.45) is 0 Å². The zero-order valence-electron chi connectivity index (χ0n) is 11.9. The van der Waals surface area contributed by atoms with E-state index in [-0.39, 0.29) is 16.1 Å². The van der Waals surface area contributed by atoms with E-state index in [1.54, 1.807) is 16.9 Å². The van der Waals surface area contributed by atoms with Gasteiger partial charge in [-0.3, -0.25) is 9.40 Å². The second-order valence-electron chi connectivity index (χ2n) is 4.82. The quantitative estimate of drug-likeness (QED) is 0.883. The molecule has 0 amide bonds. The van der Waals surface area contributed by atoms with Gasteiger partial charge in [-0.25, -0.2) is 8.42 Å². The van der Waals surface area contributed by atoms with Crippen LogP contribution in [0.3, 0.4) is 0 Å². The number of aromatic nitrogens is 3. The number of hydrogen-bond donors (Lipinski definition) is 1. The molecule has 0 saturated carbocycles. The van der Waals surface area contributed by atoms with E-state index in [2.05, 4.69) is 14.2 Å². The summed E-state index contributed by atoms with van der Waals surface area (Å²) in [6.07, 6.45) is 3.53. The van der Waals surface area contributed by atoms with Crippen LogP contribution in [0.4, 0.5) is 5.82 Å². The van der Waals surface area contributed by atoms with Crippen molar-refractivity contribution in [1.82, 2.24) is 14.2 Å². The van der Waals surface area contributed by atoms with Gasteiger partial charge in [-0.05, 0) is 24.4 Å². The molecule has 0 aromatic carbocycles. The van der Waals surface area contributed by atoms with Gasteiger partial charge in [0.1, 0.15) is 0 Å². The standard InChI is InChI=1S/C12H16N4O4S2/c1-19-11-8-12(21-14-11)22(17,18)15-10-2-5-16(13-10)9-3-6-20-7-4-9/h2,5,8-9H,3-4,6-7H2,1H3,(H,13,15). The zero-order chi connectivity index (χ0) is 15.6. The second-order valence-corrected chi connectivity index (χ2v) is 7.53. The fraction of sp³-hybridized carbons (Fsp3) is 0.500. The second kappa shape index (κ2) is 6.23. The third-order valence-corrected chi connectivity index (χ3v) is 5.93. The van der Waals surface area contributed by atoms with Gasteiger partial charge in [0.2, 0.25) is 5.88 Å². The molecule has 8 nitrogen and oxygen atoms in total. The third-order valence-electron chi connectivity index (χ3n) is 3.35. The van der Waals surface area contributed by atoms with Crippen molar-refractivity contribution < 1.29 is 17.9 Å². The largest absolute Gasteiger partial charge is 0.480 e. The predicted octanol–water partition coefficient (Wildman–Crippen LogP) is 1.50. The van der Waals surface area contributed by atoms with Crippen molar-refractivity contribution in [3.05, 3.63) is 18.3 Å². The summed E-state index contributed by atoms with van der Waals surface area (Å²) in [6.45, 7) is 1.40. The Hall–Kier alpha value is -1.65. The van der Waals surface area contributed by atoms with Gasteiger partial charge in [0.25, 0.3) is 10.0 Å². The minimum absolute atomic E-state index is 0.0879. The maximum absolute atomic E-state index is 12.3. The number of anilines is 1. The highest BCUT2D eigenvalue weighted by molar-refractivity contribution is 7.94. The zero-order valence-corrected chi connectivity index (χ0v) is 13.6. The van der Waals surface area contributed by atoms with Crippen LogP contribution in [0, 0.1) is 0 Å². The molecule has 2 aromatic heterocycles. The summed E-state index contributed by atoms with van der Waals surface area (Å²) < 4.78 is 42.9. The van der Waals surface area contributed by atoms with Gasteiger partial charge >= 0.3 is 0 Å². The molecule has 0 atom stereocenters. The first-order valence-corrected chi connectivity index (χ1v) is 9.00. The first kappa shape index (κ1) is 15.3. The third kappa shape index (κ3) is 3.23. The number of rotatable bonds is 5. The molecule has 22 heavy (non-hydrogen) atoms. The molecule has 1 aliphatic rings. The molecule has 1 fully saturated rings. The smallest absolute Gasteiger partial charge is 0.274 e. The van der Waals surface area contributed by atoms with E-state index in [1.807, 2.05) is 0 Å². The van der Waals surface area contributed by atoms with E-state index >= 15 is 0 Å². The van der Waals surface area contributed by atoms with Gasteiger partial charge < -0.3 is 9.47 Å². The van der Waals surface area contributed by atoms with Gasteiger partial charge in [-0.2, -0.15) is 9.47 Å². The summed E-state index contributed by atoms with van der Waals surface area (Å²) in [7, 11) is -2.26. The fourth-order valence-corrected chi connectivity index (χ4v) is 4.03. The minimum Gasteiger partial charge on any atom is -0.480 e. The maximum atomic E-state index is 12.3. The highest BCUT2D eigenvalue weighted by Gasteiger charge is 2.21. The van der Waals surface area contributed by atoms with E-state index in [0.29, 0.717) is 19.0 Å². The molecule has 1 saturated heterocycles. The molecule has 0 spiro atoms.